The zero-order valence-corrected chi connectivity index (χ0v) is 8.69. The summed E-state index contributed by atoms with van der Waals surface area (Å²) in [5, 5.41) is 3.81. The zero-order chi connectivity index (χ0) is 10.4. The number of rotatable bonds is 6. The average molecular weight is 199 g/mol. The monoisotopic (exact) mass is 199 g/mol. The van der Waals surface area contributed by atoms with E-state index in [0.717, 1.165) is 0 Å². The molecule has 1 rings (SSSR count). The van der Waals surface area contributed by atoms with E-state index in [1.54, 1.807) is 0 Å². The highest BCUT2D eigenvalue weighted by Gasteiger charge is 2.07. The van der Waals surface area contributed by atoms with Crippen LogP contribution in [0.5, 0.6) is 0 Å². The van der Waals surface area contributed by atoms with Crippen LogP contribution < -0.4 is 5.73 Å². The van der Waals surface area contributed by atoms with Gasteiger partial charge >= 0.3 is 0 Å². The van der Waals surface area contributed by atoms with Gasteiger partial charge in [-0.2, -0.15) is 4.98 Å². The molecule has 0 amide bonds. The van der Waals surface area contributed by atoms with Crippen molar-refractivity contribution in [3.8, 4) is 0 Å². The van der Waals surface area contributed by atoms with Gasteiger partial charge in [0.2, 0.25) is 5.89 Å². The Bertz CT molecular complexity index is 260. The summed E-state index contributed by atoms with van der Waals surface area (Å²) < 4.78 is 10.2. The summed E-state index contributed by atoms with van der Waals surface area (Å²) in [5.74, 6) is 1.29. The molecule has 0 aliphatic heterocycles. The summed E-state index contributed by atoms with van der Waals surface area (Å²) in [6.07, 6.45) is 1.32. The molecule has 1 unspecified atom stereocenters. The summed E-state index contributed by atoms with van der Waals surface area (Å²) in [5.41, 5.74) is 5.61. The van der Waals surface area contributed by atoms with Crippen LogP contribution in [0.25, 0.3) is 0 Å². The largest absolute Gasteiger partial charge is 0.381 e. The van der Waals surface area contributed by atoms with Crippen molar-refractivity contribution in [2.45, 2.75) is 32.7 Å². The standard InChI is InChI=1S/C9H17N3O2/c1-3-13-5-4-9-11-8(12-14-9)6-7(2)10/h7H,3-6,10H2,1-2H3. The molecule has 2 N–H and O–H groups in total. The molecule has 1 heterocycles. The average Bonchev–Trinajstić information content (AvgIpc) is 2.52. The van der Waals surface area contributed by atoms with E-state index >= 15 is 0 Å². The maximum absolute atomic E-state index is 5.61. The smallest absolute Gasteiger partial charge is 0.228 e. The normalized spacial score (nSPS) is 13.1. The fraction of sp³-hybridized carbons (Fsp3) is 0.778. The van der Waals surface area contributed by atoms with Crippen LogP contribution in [0.1, 0.15) is 25.6 Å². The van der Waals surface area contributed by atoms with Crippen molar-refractivity contribution in [3.05, 3.63) is 11.7 Å². The topological polar surface area (TPSA) is 74.2 Å². The summed E-state index contributed by atoms with van der Waals surface area (Å²) in [4.78, 5) is 4.18. The maximum atomic E-state index is 5.61. The minimum atomic E-state index is 0.0624. The van der Waals surface area contributed by atoms with Crippen molar-refractivity contribution in [2.75, 3.05) is 13.2 Å². The van der Waals surface area contributed by atoms with Crippen LogP contribution in [0.4, 0.5) is 0 Å². The van der Waals surface area contributed by atoms with Crippen molar-refractivity contribution in [3.63, 3.8) is 0 Å². The highest BCUT2D eigenvalue weighted by atomic mass is 16.5. The van der Waals surface area contributed by atoms with Crippen molar-refractivity contribution in [2.24, 2.45) is 5.73 Å². The Morgan fingerprint density at radius 2 is 2.36 bits per heavy atom. The molecular weight excluding hydrogens is 182 g/mol. The second-order valence-electron chi connectivity index (χ2n) is 3.23. The fourth-order valence-electron chi connectivity index (χ4n) is 1.07. The molecular formula is C9H17N3O2. The third-order valence-corrected chi connectivity index (χ3v) is 1.68. The molecule has 0 aliphatic rings. The lowest BCUT2D eigenvalue weighted by Gasteiger charge is -1.97. The predicted octanol–water partition coefficient (Wildman–Crippen LogP) is 0.538. The molecule has 1 aromatic rings. The molecule has 0 fully saturated rings. The first-order valence-corrected chi connectivity index (χ1v) is 4.87. The van der Waals surface area contributed by atoms with Crippen LogP contribution in [0.2, 0.25) is 0 Å². The lowest BCUT2D eigenvalue weighted by atomic mass is 10.2. The molecule has 0 radical (unpaired) electrons. The minimum Gasteiger partial charge on any atom is -0.381 e. The molecule has 14 heavy (non-hydrogen) atoms. The second-order valence-corrected chi connectivity index (χ2v) is 3.23. The summed E-state index contributed by atoms with van der Waals surface area (Å²) >= 11 is 0. The second kappa shape index (κ2) is 5.72. The molecule has 0 bridgehead atoms. The third kappa shape index (κ3) is 3.85. The first-order valence-electron chi connectivity index (χ1n) is 4.87. The first-order chi connectivity index (χ1) is 6.72. The number of ether oxygens (including phenoxy) is 1. The molecule has 0 spiro atoms. The van der Waals surface area contributed by atoms with Gasteiger partial charge in [0.25, 0.3) is 0 Å². The van der Waals surface area contributed by atoms with Crippen LogP contribution in [0, 0.1) is 0 Å². The zero-order valence-electron chi connectivity index (χ0n) is 8.69. The summed E-state index contributed by atoms with van der Waals surface area (Å²) in [6.45, 7) is 5.20. The molecule has 1 atom stereocenters. The highest BCUT2D eigenvalue weighted by Crippen LogP contribution is 2.00. The minimum absolute atomic E-state index is 0.0624. The number of hydrogen-bond acceptors (Lipinski definition) is 5. The third-order valence-electron chi connectivity index (χ3n) is 1.68. The molecule has 5 heteroatoms. The maximum Gasteiger partial charge on any atom is 0.228 e. The Morgan fingerprint density at radius 3 is 3.00 bits per heavy atom. The van der Waals surface area contributed by atoms with Gasteiger partial charge in [0.15, 0.2) is 5.82 Å². The Morgan fingerprint density at radius 1 is 1.57 bits per heavy atom. The van der Waals surface area contributed by atoms with Gasteiger partial charge in [-0.3, -0.25) is 0 Å². The highest BCUT2D eigenvalue weighted by molar-refractivity contribution is 4.88. The number of hydrogen-bond donors (Lipinski definition) is 1. The van der Waals surface area contributed by atoms with E-state index in [2.05, 4.69) is 10.1 Å². The van der Waals surface area contributed by atoms with Crippen molar-refractivity contribution < 1.29 is 9.26 Å². The van der Waals surface area contributed by atoms with Crippen molar-refractivity contribution >= 4 is 0 Å². The molecule has 0 saturated heterocycles. The Balaban J connectivity index is 2.35. The first kappa shape index (κ1) is 11.1. The molecule has 0 aliphatic carbocycles. The predicted molar refractivity (Wildman–Crippen MR) is 51.8 cm³/mol. The Kier molecular flexibility index (Phi) is 4.55. The van der Waals surface area contributed by atoms with Crippen LogP contribution in [-0.2, 0) is 17.6 Å². The van der Waals surface area contributed by atoms with Crippen molar-refractivity contribution in [1.29, 1.82) is 0 Å². The van der Waals surface area contributed by atoms with Gasteiger partial charge < -0.3 is 15.0 Å². The molecule has 0 saturated carbocycles. The summed E-state index contributed by atoms with van der Waals surface area (Å²) in [6, 6.07) is 0.0624. The molecule has 5 nitrogen and oxygen atoms in total. The van der Waals surface area contributed by atoms with Crippen LogP contribution in [0.15, 0.2) is 4.52 Å². The van der Waals surface area contributed by atoms with Gasteiger partial charge in [-0.1, -0.05) is 5.16 Å². The molecule has 80 valence electrons. The van der Waals surface area contributed by atoms with E-state index in [4.69, 9.17) is 15.0 Å². The van der Waals surface area contributed by atoms with Crippen LogP contribution in [0.3, 0.4) is 0 Å². The van der Waals surface area contributed by atoms with Crippen LogP contribution >= 0.6 is 0 Å². The van der Waals surface area contributed by atoms with Gasteiger partial charge in [-0.25, -0.2) is 0 Å². The van der Waals surface area contributed by atoms with E-state index in [1.165, 1.54) is 0 Å². The van der Waals surface area contributed by atoms with Crippen LogP contribution in [-0.4, -0.2) is 29.4 Å². The number of nitrogens with two attached hydrogens (primary N) is 1. The molecule has 1 aromatic heterocycles. The van der Waals surface area contributed by atoms with E-state index in [9.17, 15) is 0 Å². The Hall–Kier alpha value is -0.940. The van der Waals surface area contributed by atoms with E-state index in [-0.39, 0.29) is 6.04 Å². The SMILES string of the molecule is CCOCCc1nc(CC(C)N)no1. The molecule has 0 aromatic carbocycles. The van der Waals surface area contributed by atoms with E-state index in [1.807, 2.05) is 13.8 Å². The van der Waals surface area contributed by atoms with Gasteiger partial charge in [-0.05, 0) is 13.8 Å². The van der Waals surface area contributed by atoms with Gasteiger partial charge in [0.1, 0.15) is 0 Å². The Labute approximate surface area is 83.6 Å². The quantitative estimate of drug-likeness (QED) is 0.677. The van der Waals surface area contributed by atoms with Crippen molar-refractivity contribution in [1.82, 2.24) is 10.1 Å². The lowest BCUT2D eigenvalue weighted by Crippen LogP contribution is -2.18. The number of nitrogens with zero attached hydrogens (tertiary/aromatic N) is 2. The fourth-order valence-corrected chi connectivity index (χ4v) is 1.07. The van der Waals surface area contributed by atoms with Gasteiger partial charge in [0.05, 0.1) is 13.0 Å². The van der Waals surface area contributed by atoms with Gasteiger partial charge in [-0.15, -0.1) is 0 Å². The van der Waals surface area contributed by atoms with E-state index in [0.29, 0.717) is 37.8 Å². The number of aromatic nitrogens is 2. The van der Waals surface area contributed by atoms with E-state index < -0.39 is 0 Å². The summed E-state index contributed by atoms with van der Waals surface area (Å²) in [7, 11) is 0. The lowest BCUT2D eigenvalue weighted by molar-refractivity contribution is 0.144. The van der Waals surface area contributed by atoms with Gasteiger partial charge in [0, 0.05) is 19.1 Å².